The molecule has 1 aliphatic heterocycles. The van der Waals surface area contributed by atoms with Crippen molar-refractivity contribution in [1.29, 1.82) is 0 Å². The van der Waals surface area contributed by atoms with Crippen LogP contribution in [0.3, 0.4) is 0 Å². The average molecular weight is 518 g/mol. The number of morpholine rings is 1. The van der Waals surface area contributed by atoms with Crippen LogP contribution in [-0.2, 0) is 11.3 Å². The number of rotatable bonds is 6. The van der Waals surface area contributed by atoms with Crippen molar-refractivity contribution >= 4 is 41.3 Å². The molecule has 0 amide bonds. The van der Waals surface area contributed by atoms with Gasteiger partial charge in [-0.3, -0.25) is 9.89 Å². The van der Waals surface area contributed by atoms with Gasteiger partial charge in [-0.05, 0) is 35.6 Å². The monoisotopic (exact) mass is 518 g/mol. The number of guanidine groups is 1. The van der Waals surface area contributed by atoms with E-state index in [0.717, 1.165) is 44.4 Å². The van der Waals surface area contributed by atoms with Crippen LogP contribution in [0.2, 0.25) is 0 Å². The van der Waals surface area contributed by atoms with Crippen molar-refractivity contribution in [2.45, 2.75) is 19.5 Å². The van der Waals surface area contributed by atoms with Crippen LogP contribution in [0.1, 0.15) is 22.0 Å². The highest BCUT2D eigenvalue weighted by Gasteiger charge is 2.23. The number of aryl methyl sites for hydroxylation is 1. The van der Waals surface area contributed by atoms with Gasteiger partial charge in [-0.15, -0.1) is 35.3 Å². The third-order valence-electron chi connectivity index (χ3n) is 4.73. The first-order valence-electron chi connectivity index (χ1n) is 9.22. The molecule has 3 rings (SSSR count). The molecule has 2 heterocycles. The highest BCUT2D eigenvalue weighted by Crippen LogP contribution is 2.25. The minimum atomic E-state index is -0.175. The fourth-order valence-electron chi connectivity index (χ4n) is 3.20. The average Bonchev–Trinajstić information content (AvgIpc) is 3.22. The first-order valence-corrected chi connectivity index (χ1v) is 10.1. The van der Waals surface area contributed by atoms with Crippen molar-refractivity contribution < 1.29 is 9.13 Å². The van der Waals surface area contributed by atoms with Crippen molar-refractivity contribution in [2.24, 2.45) is 4.99 Å². The molecule has 5 nitrogen and oxygen atoms in total. The number of thiophene rings is 1. The predicted molar refractivity (Wildman–Crippen MR) is 124 cm³/mol. The lowest BCUT2D eigenvalue weighted by atomic mass is 10.1. The van der Waals surface area contributed by atoms with Crippen LogP contribution in [0.5, 0.6) is 0 Å². The quantitative estimate of drug-likeness (QED) is 0.349. The van der Waals surface area contributed by atoms with Gasteiger partial charge in [0.15, 0.2) is 5.96 Å². The standard InChI is InChI=1S/C20H27FN4OS.HI/c1-15-12-16(5-6-17(15)21)13-23-20(22-2)24-14-18(19-4-3-11-27-19)25-7-9-26-10-8-25;/h3-6,11-12,18H,7-10,13-14H2,1-2H3,(H2,22,23,24);1H. The summed E-state index contributed by atoms with van der Waals surface area (Å²) in [6, 6.07) is 9.73. The summed E-state index contributed by atoms with van der Waals surface area (Å²) in [6.45, 7) is 6.57. The smallest absolute Gasteiger partial charge is 0.191 e. The maximum atomic E-state index is 13.4. The topological polar surface area (TPSA) is 48.9 Å². The molecule has 154 valence electrons. The van der Waals surface area contributed by atoms with E-state index in [1.807, 2.05) is 6.07 Å². The summed E-state index contributed by atoms with van der Waals surface area (Å²) in [7, 11) is 1.76. The molecule has 0 bridgehead atoms. The second-order valence-electron chi connectivity index (χ2n) is 6.57. The van der Waals surface area contributed by atoms with Gasteiger partial charge in [0.25, 0.3) is 0 Å². The van der Waals surface area contributed by atoms with Crippen LogP contribution in [0.4, 0.5) is 4.39 Å². The second kappa shape index (κ2) is 11.7. The van der Waals surface area contributed by atoms with E-state index in [0.29, 0.717) is 18.2 Å². The highest BCUT2D eigenvalue weighted by molar-refractivity contribution is 14.0. The number of hydrogen-bond donors (Lipinski definition) is 2. The van der Waals surface area contributed by atoms with E-state index in [2.05, 4.69) is 38.0 Å². The summed E-state index contributed by atoms with van der Waals surface area (Å²) in [5, 5.41) is 8.87. The normalized spacial score (nSPS) is 16.3. The second-order valence-corrected chi connectivity index (χ2v) is 7.55. The van der Waals surface area contributed by atoms with E-state index >= 15 is 0 Å². The maximum absolute atomic E-state index is 13.4. The summed E-state index contributed by atoms with van der Waals surface area (Å²) in [6.07, 6.45) is 0. The third kappa shape index (κ3) is 6.40. The number of nitrogens with zero attached hydrogens (tertiary/aromatic N) is 2. The van der Waals surface area contributed by atoms with E-state index < -0.39 is 0 Å². The Labute approximate surface area is 187 Å². The molecule has 0 spiro atoms. The molecule has 0 saturated carbocycles. The molecule has 1 aromatic carbocycles. The fraction of sp³-hybridized carbons (Fsp3) is 0.450. The number of ether oxygens (including phenoxy) is 1. The van der Waals surface area contributed by atoms with Crippen LogP contribution in [0.15, 0.2) is 40.7 Å². The molecular weight excluding hydrogens is 490 g/mol. The summed E-state index contributed by atoms with van der Waals surface area (Å²) < 4.78 is 18.9. The van der Waals surface area contributed by atoms with Crippen LogP contribution >= 0.6 is 35.3 Å². The lowest BCUT2D eigenvalue weighted by Gasteiger charge is -2.34. The van der Waals surface area contributed by atoms with Crippen molar-refractivity contribution in [3.05, 3.63) is 57.5 Å². The van der Waals surface area contributed by atoms with Crippen molar-refractivity contribution in [2.75, 3.05) is 39.9 Å². The molecule has 0 aliphatic carbocycles. The highest BCUT2D eigenvalue weighted by atomic mass is 127. The van der Waals surface area contributed by atoms with Gasteiger partial charge in [0.05, 0.1) is 19.3 Å². The molecule has 1 aromatic heterocycles. The molecule has 1 atom stereocenters. The first kappa shape index (κ1) is 23.1. The fourth-order valence-corrected chi connectivity index (χ4v) is 4.06. The van der Waals surface area contributed by atoms with Gasteiger partial charge in [0, 0.05) is 38.1 Å². The minimum Gasteiger partial charge on any atom is -0.379 e. The SMILES string of the molecule is CN=C(NCc1ccc(F)c(C)c1)NCC(c1cccs1)N1CCOCC1.I. The number of halogens is 2. The molecule has 2 aromatic rings. The Morgan fingerprint density at radius 1 is 1.29 bits per heavy atom. The molecule has 1 aliphatic rings. The largest absolute Gasteiger partial charge is 0.379 e. The first-order chi connectivity index (χ1) is 13.2. The van der Waals surface area contributed by atoms with Gasteiger partial charge >= 0.3 is 0 Å². The summed E-state index contributed by atoms with van der Waals surface area (Å²) in [4.78, 5) is 8.12. The molecule has 8 heteroatoms. The van der Waals surface area contributed by atoms with E-state index in [1.54, 1.807) is 31.4 Å². The Bertz CT molecular complexity index is 751. The van der Waals surface area contributed by atoms with Gasteiger partial charge in [-0.2, -0.15) is 0 Å². The van der Waals surface area contributed by atoms with Crippen LogP contribution in [-0.4, -0.2) is 50.8 Å². The van der Waals surface area contributed by atoms with E-state index in [1.165, 1.54) is 10.9 Å². The van der Waals surface area contributed by atoms with E-state index in [-0.39, 0.29) is 29.8 Å². The Balaban J connectivity index is 0.00000280. The lowest BCUT2D eigenvalue weighted by molar-refractivity contribution is 0.0177. The minimum absolute atomic E-state index is 0. The number of aliphatic imine (C=N–C) groups is 1. The molecule has 0 radical (unpaired) electrons. The van der Waals surface area contributed by atoms with Crippen molar-refractivity contribution in [3.8, 4) is 0 Å². The maximum Gasteiger partial charge on any atom is 0.191 e. The van der Waals surface area contributed by atoms with Gasteiger partial charge in [0.1, 0.15) is 5.82 Å². The number of hydrogen-bond acceptors (Lipinski definition) is 4. The van der Waals surface area contributed by atoms with Gasteiger partial charge in [0.2, 0.25) is 0 Å². The molecular formula is C20H28FIN4OS. The zero-order valence-electron chi connectivity index (χ0n) is 16.3. The summed E-state index contributed by atoms with van der Waals surface area (Å²) in [5.74, 6) is 0.567. The molecule has 2 N–H and O–H groups in total. The van der Waals surface area contributed by atoms with Gasteiger partial charge < -0.3 is 15.4 Å². The molecule has 1 fully saturated rings. The van der Waals surface area contributed by atoms with Crippen molar-refractivity contribution in [3.63, 3.8) is 0 Å². The Kier molecular flexibility index (Phi) is 9.63. The number of nitrogens with one attached hydrogen (secondary N) is 2. The zero-order chi connectivity index (χ0) is 19.1. The van der Waals surface area contributed by atoms with Crippen LogP contribution < -0.4 is 10.6 Å². The van der Waals surface area contributed by atoms with Gasteiger partial charge in [-0.1, -0.05) is 18.2 Å². The molecule has 1 saturated heterocycles. The zero-order valence-corrected chi connectivity index (χ0v) is 19.4. The summed E-state index contributed by atoms with van der Waals surface area (Å²) in [5.41, 5.74) is 1.68. The third-order valence-corrected chi connectivity index (χ3v) is 5.70. The molecule has 1 unspecified atom stereocenters. The summed E-state index contributed by atoms with van der Waals surface area (Å²) >= 11 is 1.78. The van der Waals surface area contributed by atoms with E-state index in [9.17, 15) is 4.39 Å². The lowest BCUT2D eigenvalue weighted by Crippen LogP contribution is -2.46. The van der Waals surface area contributed by atoms with Crippen LogP contribution in [0, 0.1) is 12.7 Å². The van der Waals surface area contributed by atoms with E-state index in [4.69, 9.17) is 4.74 Å². The Hall–Kier alpha value is -1.23. The Morgan fingerprint density at radius 2 is 2.07 bits per heavy atom. The van der Waals surface area contributed by atoms with Crippen LogP contribution in [0.25, 0.3) is 0 Å². The molecule has 28 heavy (non-hydrogen) atoms. The Morgan fingerprint density at radius 3 is 2.71 bits per heavy atom. The predicted octanol–water partition coefficient (Wildman–Crippen LogP) is 3.55. The number of benzene rings is 1. The van der Waals surface area contributed by atoms with Crippen molar-refractivity contribution in [1.82, 2.24) is 15.5 Å². The van der Waals surface area contributed by atoms with Gasteiger partial charge in [-0.25, -0.2) is 4.39 Å².